The summed E-state index contributed by atoms with van der Waals surface area (Å²) in [5.41, 5.74) is 1.02. The summed E-state index contributed by atoms with van der Waals surface area (Å²) in [6.45, 7) is 3.29. The third kappa shape index (κ3) is 2.93. The van der Waals surface area contributed by atoms with E-state index in [-0.39, 0.29) is 5.41 Å². The summed E-state index contributed by atoms with van der Waals surface area (Å²) < 4.78 is 26.9. The predicted octanol–water partition coefficient (Wildman–Crippen LogP) is 1.20. The van der Waals surface area contributed by atoms with Crippen LogP contribution in [-0.4, -0.2) is 27.0 Å². The third-order valence-electron chi connectivity index (χ3n) is 3.64. The van der Waals surface area contributed by atoms with Gasteiger partial charge >= 0.3 is 0 Å². The van der Waals surface area contributed by atoms with Crippen molar-refractivity contribution in [3.63, 3.8) is 0 Å². The second kappa shape index (κ2) is 5.03. The summed E-state index contributed by atoms with van der Waals surface area (Å²) in [6, 6.07) is 1.67. The lowest BCUT2D eigenvalue weighted by atomic mass is 9.71. The largest absolute Gasteiger partial charge is 0.363 e. The molecule has 3 N–H and O–H groups in total. The standard InChI is InChI=1S/C12H21N3O2S/c1-12(4-3-5-12)9-15-18(16,17)11-6-10(7-13-2)14-8-11/h6,8,13-15H,3-5,7,9H2,1-2H3. The van der Waals surface area contributed by atoms with Gasteiger partial charge in [0, 0.05) is 25.0 Å². The van der Waals surface area contributed by atoms with Crippen LogP contribution >= 0.6 is 0 Å². The third-order valence-corrected chi connectivity index (χ3v) is 5.02. The Morgan fingerprint density at radius 2 is 2.17 bits per heavy atom. The van der Waals surface area contributed by atoms with Crippen LogP contribution in [0.25, 0.3) is 0 Å². The van der Waals surface area contributed by atoms with E-state index < -0.39 is 10.0 Å². The monoisotopic (exact) mass is 271 g/mol. The Balaban J connectivity index is 2.00. The molecule has 0 bridgehead atoms. The number of rotatable bonds is 6. The molecular weight excluding hydrogens is 250 g/mol. The molecule has 0 aromatic carbocycles. The van der Waals surface area contributed by atoms with Crippen LogP contribution in [-0.2, 0) is 16.6 Å². The van der Waals surface area contributed by atoms with Gasteiger partial charge in [-0.1, -0.05) is 13.3 Å². The first-order valence-corrected chi connectivity index (χ1v) is 7.75. The van der Waals surface area contributed by atoms with Crippen molar-refractivity contribution in [2.45, 2.75) is 37.6 Å². The fourth-order valence-electron chi connectivity index (χ4n) is 2.18. The topological polar surface area (TPSA) is 74.0 Å². The molecule has 6 heteroatoms. The van der Waals surface area contributed by atoms with E-state index in [0.717, 1.165) is 18.5 Å². The SMILES string of the molecule is CNCc1cc(S(=O)(=O)NCC2(C)CCC2)c[nH]1. The summed E-state index contributed by atoms with van der Waals surface area (Å²) in [4.78, 5) is 3.27. The van der Waals surface area contributed by atoms with Gasteiger partial charge in [0.05, 0.1) is 4.90 Å². The normalized spacial score (nSPS) is 18.6. The highest BCUT2D eigenvalue weighted by molar-refractivity contribution is 7.89. The van der Waals surface area contributed by atoms with Gasteiger partial charge < -0.3 is 10.3 Å². The second-order valence-electron chi connectivity index (χ2n) is 5.38. The molecule has 1 heterocycles. The van der Waals surface area contributed by atoms with Crippen LogP contribution in [0.5, 0.6) is 0 Å². The van der Waals surface area contributed by atoms with Crippen molar-refractivity contribution in [3.05, 3.63) is 18.0 Å². The molecule has 0 aliphatic heterocycles. The molecule has 18 heavy (non-hydrogen) atoms. The van der Waals surface area contributed by atoms with Crippen molar-refractivity contribution in [1.82, 2.24) is 15.0 Å². The number of hydrogen-bond donors (Lipinski definition) is 3. The van der Waals surface area contributed by atoms with Crippen LogP contribution in [0.4, 0.5) is 0 Å². The van der Waals surface area contributed by atoms with Gasteiger partial charge in [-0.15, -0.1) is 0 Å². The highest BCUT2D eigenvalue weighted by atomic mass is 32.2. The molecule has 1 saturated carbocycles. The first-order chi connectivity index (χ1) is 8.45. The fraction of sp³-hybridized carbons (Fsp3) is 0.667. The lowest BCUT2D eigenvalue weighted by molar-refractivity contribution is 0.166. The quantitative estimate of drug-likeness (QED) is 0.728. The van der Waals surface area contributed by atoms with Crippen LogP contribution in [0.15, 0.2) is 17.2 Å². The smallest absolute Gasteiger partial charge is 0.242 e. The molecule has 0 spiro atoms. The van der Waals surface area contributed by atoms with Crippen LogP contribution in [0, 0.1) is 5.41 Å². The molecule has 1 fully saturated rings. The molecule has 0 radical (unpaired) electrons. The zero-order valence-corrected chi connectivity index (χ0v) is 11.7. The van der Waals surface area contributed by atoms with E-state index in [1.807, 2.05) is 7.05 Å². The van der Waals surface area contributed by atoms with Crippen molar-refractivity contribution in [1.29, 1.82) is 0 Å². The molecule has 102 valence electrons. The zero-order valence-electron chi connectivity index (χ0n) is 10.9. The summed E-state index contributed by atoms with van der Waals surface area (Å²) in [6.07, 6.45) is 4.95. The van der Waals surface area contributed by atoms with E-state index >= 15 is 0 Å². The molecule has 2 rings (SSSR count). The summed E-state index contributed by atoms with van der Waals surface area (Å²) in [5.74, 6) is 0. The first-order valence-electron chi connectivity index (χ1n) is 6.27. The first kappa shape index (κ1) is 13.6. The van der Waals surface area contributed by atoms with Crippen molar-refractivity contribution in [3.8, 4) is 0 Å². The lowest BCUT2D eigenvalue weighted by Gasteiger charge is -2.38. The minimum Gasteiger partial charge on any atom is -0.363 e. The number of aromatic amines is 1. The van der Waals surface area contributed by atoms with E-state index in [1.165, 1.54) is 12.6 Å². The Morgan fingerprint density at radius 3 is 2.72 bits per heavy atom. The van der Waals surface area contributed by atoms with E-state index in [4.69, 9.17) is 0 Å². The maximum Gasteiger partial charge on any atom is 0.242 e. The van der Waals surface area contributed by atoms with Gasteiger partial charge in [-0.25, -0.2) is 13.1 Å². The molecule has 1 aliphatic carbocycles. The molecule has 0 atom stereocenters. The number of nitrogens with one attached hydrogen (secondary N) is 3. The van der Waals surface area contributed by atoms with Gasteiger partial charge in [-0.2, -0.15) is 0 Å². The average Bonchev–Trinajstić information content (AvgIpc) is 2.74. The highest BCUT2D eigenvalue weighted by Crippen LogP contribution is 2.39. The molecule has 0 unspecified atom stereocenters. The van der Waals surface area contributed by atoms with Gasteiger partial charge in [0.1, 0.15) is 0 Å². The van der Waals surface area contributed by atoms with Crippen molar-refractivity contribution in [2.75, 3.05) is 13.6 Å². The van der Waals surface area contributed by atoms with Crippen molar-refractivity contribution in [2.24, 2.45) is 5.41 Å². The van der Waals surface area contributed by atoms with Crippen molar-refractivity contribution < 1.29 is 8.42 Å². The Labute approximate surface area is 108 Å². The van der Waals surface area contributed by atoms with Crippen LogP contribution in [0.2, 0.25) is 0 Å². The maximum absolute atomic E-state index is 12.1. The highest BCUT2D eigenvalue weighted by Gasteiger charge is 2.33. The van der Waals surface area contributed by atoms with E-state index in [0.29, 0.717) is 18.0 Å². The van der Waals surface area contributed by atoms with E-state index in [1.54, 1.807) is 6.07 Å². The lowest BCUT2D eigenvalue weighted by Crippen LogP contribution is -2.39. The number of sulfonamides is 1. The van der Waals surface area contributed by atoms with Gasteiger partial charge in [-0.05, 0) is 31.4 Å². The Kier molecular flexibility index (Phi) is 3.79. The van der Waals surface area contributed by atoms with Gasteiger partial charge in [0.25, 0.3) is 0 Å². The Hall–Kier alpha value is -0.850. The van der Waals surface area contributed by atoms with Gasteiger partial charge in [-0.3, -0.25) is 0 Å². The molecule has 1 aromatic heterocycles. The minimum atomic E-state index is -3.38. The molecule has 5 nitrogen and oxygen atoms in total. The van der Waals surface area contributed by atoms with E-state index in [9.17, 15) is 8.42 Å². The number of aromatic nitrogens is 1. The van der Waals surface area contributed by atoms with Gasteiger partial charge in [0.2, 0.25) is 10.0 Å². The van der Waals surface area contributed by atoms with Gasteiger partial charge in [0.15, 0.2) is 0 Å². The molecule has 0 amide bonds. The van der Waals surface area contributed by atoms with Crippen molar-refractivity contribution >= 4 is 10.0 Å². The zero-order chi connectivity index (χ0) is 13.2. The van der Waals surface area contributed by atoms with Crippen LogP contribution in [0.1, 0.15) is 31.9 Å². The fourth-order valence-corrected chi connectivity index (χ4v) is 3.39. The average molecular weight is 271 g/mol. The predicted molar refractivity (Wildman–Crippen MR) is 70.7 cm³/mol. The molecule has 1 aliphatic rings. The summed E-state index contributed by atoms with van der Waals surface area (Å²) in [7, 11) is -1.55. The Bertz CT molecular complexity index is 503. The van der Waals surface area contributed by atoms with Crippen LogP contribution in [0.3, 0.4) is 0 Å². The molecule has 0 saturated heterocycles. The summed E-state index contributed by atoms with van der Waals surface area (Å²) in [5, 5.41) is 2.98. The number of H-pyrrole nitrogens is 1. The number of hydrogen-bond acceptors (Lipinski definition) is 3. The minimum absolute atomic E-state index is 0.150. The molecule has 1 aromatic rings. The Morgan fingerprint density at radius 1 is 1.44 bits per heavy atom. The second-order valence-corrected chi connectivity index (χ2v) is 7.15. The van der Waals surface area contributed by atoms with Crippen LogP contribution < -0.4 is 10.0 Å². The van der Waals surface area contributed by atoms with E-state index in [2.05, 4.69) is 21.9 Å². The molecular formula is C12H21N3O2S. The summed E-state index contributed by atoms with van der Waals surface area (Å²) >= 11 is 0. The maximum atomic E-state index is 12.1.